The van der Waals surface area contributed by atoms with Gasteiger partial charge in [-0.2, -0.15) is 0 Å². The number of nitrogens with zero attached hydrogens (tertiary/aromatic N) is 3. The summed E-state index contributed by atoms with van der Waals surface area (Å²) in [6.07, 6.45) is 1.85. The van der Waals surface area contributed by atoms with E-state index >= 15 is 0 Å². The number of piperazine rings is 1. The van der Waals surface area contributed by atoms with Gasteiger partial charge in [-0.3, -0.25) is 14.6 Å². The number of aryl methyl sites for hydroxylation is 2. The maximum absolute atomic E-state index is 12.2. The average Bonchev–Trinajstić information content (AvgIpc) is 2.89. The molecule has 0 spiro atoms. The van der Waals surface area contributed by atoms with Crippen LogP contribution in [0, 0.1) is 6.92 Å². The molecule has 0 radical (unpaired) electrons. The van der Waals surface area contributed by atoms with Gasteiger partial charge in [-0.15, -0.1) is 11.3 Å². The fourth-order valence-corrected chi connectivity index (χ4v) is 3.88. The SMILES string of the molecule is CCc1nc(NC(=O)CN2CCN(C(CC)CO)CC2)sc1C. The zero-order valence-corrected chi connectivity index (χ0v) is 15.2. The van der Waals surface area contributed by atoms with Crippen LogP contribution in [0.25, 0.3) is 0 Å². The maximum atomic E-state index is 12.2. The molecule has 2 N–H and O–H groups in total. The molecule has 6 nitrogen and oxygen atoms in total. The minimum atomic E-state index is 0.00375. The molecule has 1 fully saturated rings. The van der Waals surface area contributed by atoms with Crippen molar-refractivity contribution in [1.29, 1.82) is 0 Å². The predicted octanol–water partition coefficient (Wildman–Crippen LogP) is 1.34. The number of anilines is 1. The molecule has 0 bridgehead atoms. The molecule has 2 heterocycles. The predicted molar refractivity (Wildman–Crippen MR) is 94.0 cm³/mol. The van der Waals surface area contributed by atoms with E-state index in [4.69, 9.17) is 0 Å². The van der Waals surface area contributed by atoms with Crippen LogP contribution in [0.5, 0.6) is 0 Å². The first-order valence-corrected chi connectivity index (χ1v) is 9.22. The van der Waals surface area contributed by atoms with Gasteiger partial charge in [-0.25, -0.2) is 4.98 Å². The molecule has 1 aliphatic rings. The molecule has 0 aromatic carbocycles. The largest absolute Gasteiger partial charge is 0.395 e. The molecule has 1 saturated heterocycles. The van der Waals surface area contributed by atoms with Crippen LogP contribution in [0.3, 0.4) is 0 Å². The van der Waals surface area contributed by atoms with Crippen LogP contribution in [-0.4, -0.2) is 71.2 Å². The average molecular weight is 340 g/mol. The van der Waals surface area contributed by atoms with Gasteiger partial charge >= 0.3 is 0 Å². The highest BCUT2D eigenvalue weighted by atomic mass is 32.1. The van der Waals surface area contributed by atoms with Gasteiger partial charge in [0, 0.05) is 37.1 Å². The lowest BCUT2D eigenvalue weighted by atomic mass is 10.1. The summed E-state index contributed by atoms with van der Waals surface area (Å²) in [7, 11) is 0. The summed E-state index contributed by atoms with van der Waals surface area (Å²) in [6.45, 7) is 10.4. The summed E-state index contributed by atoms with van der Waals surface area (Å²) in [5.74, 6) is 0.00375. The Balaban J connectivity index is 1.78. The second kappa shape index (κ2) is 8.73. The molecule has 23 heavy (non-hydrogen) atoms. The van der Waals surface area contributed by atoms with Crippen molar-refractivity contribution in [3.05, 3.63) is 10.6 Å². The van der Waals surface area contributed by atoms with E-state index in [0.717, 1.165) is 44.7 Å². The number of rotatable bonds is 7. The smallest absolute Gasteiger partial charge is 0.240 e. The minimum Gasteiger partial charge on any atom is -0.395 e. The van der Waals surface area contributed by atoms with Gasteiger partial charge in [-0.05, 0) is 19.8 Å². The molecule has 1 aromatic heterocycles. The third kappa shape index (κ3) is 4.97. The van der Waals surface area contributed by atoms with Crippen molar-refractivity contribution in [3.63, 3.8) is 0 Å². The third-order valence-electron chi connectivity index (χ3n) is 4.45. The Morgan fingerprint density at radius 3 is 2.57 bits per heavy atom. The molecule has 1 amide bonds. The van der Waals surface area contributed by atoms with Crippen LogP contribution in [0.1, 0.15) is 30.8 Å². The first-order valence-electron chi connectivity index (χ1n) is 8.40. The second-order valence-electron chi connectivity index (χ2n) is 5.98. The lowest BCUT2D eigenvalue weighted by Gasteiger charge is -2.38. The molecule has 1 aliphatic heterocycles. The molecule has 2 rings (SSSR count). The fraction of sp³-hybridized carbons (Fsp3) is 0.750. The van der Waals surface area contributed by atoms with E-state index < -0.39 is 0 Å². The van der Waals surface area contributed by atoms with Crippen LogP contribution in [0.15, 0.2) is 0 Å². The number of aromatic nitrogens is 1. The summed E-state index contributed by atoms with van der Waals surface area (Å²) in [4.78, 5) is 22.3. The van der Waals surface area contributed by atoms with E-state index in [1.165, 1.54) is 4.88 Å². The summed E-state index contributed by atoms with van der Waals surface area (Å²) >= 11 is 1.54. The van der Waals surface area contributed by atoms with Gasteiger partial charge in [0.15, 0.2) is 5.13 Å². The minimum absolute atomic E-state index is 0.00375. The zero-order chi connectivity index (χ0) is 16.8. The van der Waals surface area contributed by atoms with Gasteiger partial charge in [0.1, 0.15) is 0 Å². The number of nitrogens with one attached hydrogen (secondary N) is 1. The van der Waals surface area contributed by atoms with Crippen LogP contribution in [0.2, 0.25) is 0 Å². The Labute approximate surface area is 142 Å². The molecular formula is C16H28N4O2S. The number of amides is 1. The van der Waals surface area contributed by atoms with Crippen LogP contribution >= 0.6 is 11.3 Å². The monoisotopic (exact) mass is 340 g/mol. The Bertz CT molecular complexity index is 508. The highest BCUT2D eigenvalue weighted by molar-refractivity contribution is 7.15. The summed E-state index contributed by atoms with van der Waals surface area (Å²) in [5.41, 5.74) is 1.06. The first kappa shape index (κ1) is 18.3. The fourth-order valence-electron chi connectivity index (χ4n) is 2.96. The number of aliphatic hydroxyl groups excluding tert-OH is 1. The van der Waals surface area contributed by atoms with Gasteiger partial charge in [0.05, 0.1) is 18.8 Å². The number of hydrogen-bond donors (Lipinski definition) is 2. The molecule has 1 atom stereocenters. The van der Waals surface area contributed by atoms with Crippen molar-refractivity contribution in [3.8, 4) is 0 Å². The number of carbonyl (C=O) groups excluding carboxylic acids is 1. The second-order valence-corrected chi connectivity index (χ2v) is 7.18. The topological polar surface area (TPSA) is 68.7 Å². The van der Waals surface area contributed by atoms with Gasteiger partial charge in [0.2, 0.25) is 5.91 Å². The molecular weight excluding hydrogens is 312 g/mol. The molecule has 130 valence electrons. The Morgan fingerprint density at radius 2 is 2.04 bits per heavy atom. The van der Waals surface area contributed by atoms with Crippen LogP contribution in [-0.2, 0) is 11.2 Å². The molecule has 7 heteroatoms. The summed E-state index contributed by atoms with van der Waals surface area (Å²) in [6, 6.07) is 0.247. The maximum Gasteiger partial charge on any atom is 0.240 e. The van der Waals surface area contributed by atoms with Crippen molar-refractivity contribution in [2.75, 3.05) is 44.6 Å². The van der Waals surface area contributed by atoms with E-state index in [0.29, 0.717) is 11.7 Å². The molecule has 1 unspecified atom stereocenters. The summed E-state index contributed by atoms with van der Waals surface area (Å²) < 4.78 is 0. The number of thiazole rings is 1. The lowest BCUT2D eigenvalue weighted by Crippen LogP contribution is -2.52. The number of carbonyl (C=O) groups is 1. The van der Waals surface area contributed by atoms with Gasteiger partial charge in [0.25, 0.3) is 0 Å². The van der Waals surface area contributed by atoms with Crippen molar-refractivity contribution in [2.45, 2.75) is 39.7 Å². The molecule has 0 aliphatic carbocycles. The normalized spacial score (nSPS) is 18.1. The Hall–Kier alpha value is -1.02. The third-order valence-corrected chi connectivity index (χ3v) is 5.37. The van der Waals surface area contributed by atoms with E-state index in [1.807, 2.05) is 6.92 Å². The van der Waals surface area contributed by atoms with E-state index in [1.54, 1.807) is 11.3 Å². The van der Waals surface area contributed by atoms with Gasteiger partial charge < -0.3 is 10.4 Å². The standard InChI is InChI=1S/C16H28N4O2S/c1-4-13(11-21)20-8-6-19(7-9-20)10-15(22)18-16-17-14(5-2)12(3)23-16/h13,21H,4-11H2,1-3H3,(H,17,18,22). The van der Waals surface area contributed by atoms with E-state index in [-0.39, 0.29) is 18.6 Å². The van der Waals surface area contributed by atoms with Crippen molar-refractivity contribution < 1.29 is 9.90 Å². The first-order chi connectivity index (χ1) is 11.1. The zero-order valence-electron chi connectivity index (χ0n) is 14.3. The summed E-state index contributed by atoms with van der Waals surface area (Å²) in [5, 5.41) is 13.0. The Morgan fingerprint density at radius 1 is 1.35 bits per heavy atom. The van der Waals surface area contributed by atoms with Crippen LogP contribution < -0.4 is 5.32 Å². The van der Waals surface area contributed by atoms with E-state index in [9.17, 15) is 9.90 Å². The van der Waals surface area contributed by atoms with Crippen LogP contribution in [0.4, 0.5) is 5.13 Å². The van der Waals surface area contributed by atoms with E-state index in [2.05, 4.69) is 33.9 Å². The molecule has 1 aromatic rings. The Kier molecular flexibility index (Phi) is 6.95. The van der Waals surface area contributed by atoms with Crippen molar-refractivity contribution in [1.82, 2.24) is 14.8 Å². The molecule has 0 saturated carbocycles. The van der Waals surface area contributed by atoms with Crippen molar-refractivity contribution >= 4 is 22.4 Å². The van der Waals surface area contributed by atoms with Gasteiger partial charge in [-0.1, -0.05) is 13.8 Å². The quantitative estimate of drug-likeness (QED) is 0.784. The number of aliphatic hydroxyl groups is 1. The highest BCUT2D eigenvalue weighted by Gasteiger charge is 2.23. The lowest BCUT2D eigenvalue weighted by molar-refractivity contribution is -0.117. The van der Waals surface area contributed by atoms with Crippen molar-refractivity contribution in [2.24, 2.45) is 0 Å². The number of hydrogen-bond acceptors (Lipinski definition) is 6. The highest BCUT2D eigenvalue weighted by Crippen LogP contribution is 2.22.